The first-order valence-electron chi connectivity index (χ1n) is 9.05. The highest BCUT2D eigenvalue weighted by Gasteiger charge is 2.27. The van der Waals surface area contributed by atoms with Crippen LogP contribution in [0.15, 0.2) is 53.7 Å². The summed E-state index contributed by atoms with van der Waals surface area (Å²) in [4.78, 5) is 4.61. The molecule has 3 aromatic rings. The Morgan fingerprint density at radius 3 is 2.21 bits per heavy atom. The van der Waals surface area contributed by atoms with Gasteiger partial charge in [-0.3, -0.25) is 0 Å². The third-order valence-electron chi connectivity index (χ3n) is 4.72. The molecule has 1 aromatic heterocycles. The van der Waals surface area contributed by atoms with Gasteiger partial charge in [0.05, 0.1) is 19.1 Å². The lowest BCUT2D eigenvalue weighted by Crippen LogP contribution is -2.31. The lowest BCUT2D eigenvalue weighted by Gasteiger charge is -2.21. The number of hydrogen-bond acceptors (Lipinski definition) is 5. The van der Waals surface area contributed by atoms with Crippen molar-refractivity contribution in [2.75, 3.05) is 14.2 Å². The zero-order valence-electron chi connectivity index (χ0n) is 17.1. The third kappa shape index (κ3) is 4.44. The van der Waals surface area contributed by atoms with Gasteiger partial charge in [0.15, 0.2) is 0 Å². The van der Waals surface area contributed by atoms with Gasteiger partial charge >= 0.3 is 0 Å². The van der Waals surface area contributed by atoms with Crippen LogP contribution in [0.1, 0.15) is 28.6 Å². The summed E-state index contributed by atoms with van der Waals surface area (Å²) in [6.45, 7) is 3.71. The van der Waals surface area contributed by atoms with Crippen molar-refractivity contribution in [2.24, 2.45) is 7.05 Å². The normalized spacial score (nSPS) is 12.6. The lowest BCUT2D eigenvalue weighted by atomic mass is 10.1. The minimum atomic E-state index is -3.82. The second kappa shape index (κ2) is 8.26. The number of methoxy groups -OCH3 is 2. The van der Waals surface area contributed by atoms with E-state index in [4.69, 9.17) is 9.47 Å². The van der Waals surface area contributed by atoms with Gasteiger partial charge in [0, 0.05) is 25.5 Å². The second-order valence-corrected chi connectivity index (χ2v) is 8.55. The van der Waals surface area contributed by atoms with Crippen molar-refractivity contribution in [2.45, 2.75) is 24.8 Å². The van der Waals surface area contributed by atoms with Crippen LogP contribution in [0.3, 0.4) is 0 Å². The molecule has 1 atom stereocenters. The molecule has 0 fully saturated rings. The smallest absolute Gasteiger partial charge is 0.241 e. The Morgan fingerprint density at radius 2 is 1.69 bits per heavy atom. The minimum absolute atomic E-state index is 0.233. The van der Waals surface area contributed by atoms with Crippen LogP contribution in [-0.4, -0.2) is 32.2 Å². The van der Waals surface area contributed by atoms with Gasteiger partial charge < -0.3 is 14.0 Å². The molecule has 0 aliphatic rings. The molecule has 0 saturated carbocycles. The number of imidazole rings is 1. The Bertz CT molecular complexity index is 1100. The van der Waals surface area contributed by atoms with E-state index in [-0.39, 0.29) is 4.90 Å². The van der Waals surface area contributed by atoms with Crippen LogP contribution in [0, 0.1) is 13.8 Å². The van der Waals surface area contributed by atoms with Gasteiger partial charge in [0.1, 0.15) is 23.4 Å². The van der Waals surface area contributed by atoms with E-state index >= 15 is 0 Å². The largest absolute Gasteiger partial charge is 0.497 e. The van der Waals surface area contributed by atoms with Gasteiger partial charge in [-0.05, 0) is 43.2 Å². The van der Waals surface area contributed by atoms with Gasteiger partial charge in [0.2, 0.25) is 10.0 Å². The van der Waals surface area contributed by atoms with Crippen molar-refractivity contribution in [3.05, 3.63) is 71.3 Å². The van der Waals surface area contributed by atoms with E-state index in [1.165, 1.54) is 0 Å². The fourth-order valence-electron chi connectivity index (χ4n) is 3.24. The van der Waals surface area contributed by atoms with E-state index in [9.17, 15) is 8.42 Å². The van der Waals surface area contributed by atoms with Crippen molar-refractivity contribution < 1.29 is 17.9 Å². The summed E-state index contributed by atoms with van der Waals surface area (Å²) in [5.41, 5.74) is 2.34. The Morgan fingerprint density at radius 1 is 1.03 bits per heavy atom. The van der Waals surface area contributed by atoms with Gasteiger partial charge in [-0.15, -0.1) is 0 Å². The number of nitrogens with zero attached hydrogens (tertiary/aromatic N) is 2. The number of nitrogens with one attached hydrogen (secondary N) is 1. The molecular weight excluding hydrogens is 390 g/mol. The molecule has 7 nitrogen and oxygen atoms in total. The molecule has 0 amide bonds. The second-order valence-electron chi connectivity index (χ2n) is 6.87. The molecule has 8 heteroatoms. The van der Waals surface area contributed by atoms with Crippen LogP contribution in [0.25, 0.3) is 0 Å². The Hall–Kier alpha value is -2.84. The Balaban J connectivity index is 2.12. The SMILES string of the molecule is COc1cc(OC)cc([C@@H](NS(=O)(=O)c2ccc(C)cc2C)c2nccn2C)c1. The fourth-order valence-corrected chi connectivity index (χ4v) is 4.65. The Kier molecular flexibility index (Phi) is 5.95. The molecule has 3 rings (SSSR count). The molecule has 1 heterocycles. The minimum Gasteiger partial charge on any atom is -0.497 e. The monoisotopic (exact) mass is 415 g/mol. The van der Waals surface area contributed by atoms with Crippen molar-refractivity contribution >= 4 is 10.0 Å². The molecule has 0 bridgehead atoms. The molecule has 0 unspecified atom stereocenters. The van der Waals surface area contributed by atoms with Crippen LogP contribution in [0.2, 0.25) is 0 Å². The predicted molar refractivity (Wildman–Crippen MR) is 111 cm³/mol. The number of benzene rings is 2. The highest BCUT2D eigenvalue weighted by molar-refractivity contribution is 7.89. The molecule has 0 aliphatic heterocycles. The van der Waals surface area contributed by atoms with E-state index in [0.29, 0.717) is 28.5 Å². The molecule has 0 aliphatic carbocycles. The summed E-state index contributed by atoms with van der Waals surface area (Å²) >= 11 is 0. The molecule has 0 radical (unpaired) electrons. The first kappa shape index (κ1) is 20.9. The summed E-state index contributed by atoms with van der Waals surface area (Å²) < 4.78 is 41.8. The number of sulfonamides is 1. The highest BCUT2D eigenvalue weighted by Crippen LogP contribution is 2.31. The number of hydrogen-bond donors (Lipinski definition) is 1. The van der Waals surface area contributed by atoms with Gasteiger partial charge in [-0.25, -0.2) is 13.4 Å². The summed E-state index contributed by atoms with van der Waals surface area (Å²) in [5, 5.41) is 0. The third-order valence-corrected chi connectivity index (χ3v) is 6.30. The van der Waals surface area contributed by atoms with Gasteiger partial charge in [-0.2, -0.15) is 4.72 Å². The number of rotatable bonds is 7. The van der Waals surface area contributed by atoms with Gasteiger partial charge in [0.25, 0.3) is 0 Å². The molecule has 2 aromatic carbocycles. The van der Waals surface area contributed by atoms with E-state index < -0.39 is 16.1 Å². The van der Waals surface area contributed by atoms with Gasteiger partial charge in [-0.1, -0.05) is 17.7 Å². The predicted octanol–water partition coefficient (Wildman–Crippen LogP) is 3.12. The van der Waals surface area contributed by atoms with Crippen molar-refractivity contribution in [1.82, 2.24) is 14.3 Å². The van der Waals surface area contributed by atoms with Crippen LogP contribution in [0.4, 0.5) is 0 Å². The van der Waals surface area contributed by atoms with Crippen molar-refractivity contribution in [1.29, 1.82) is 0 Å². The van der Waals surface area contributed by atoms with E-state index in [1.807, 2.05) is 20.0 Å². The molecule has 29 heavy (non-hydrogen) atoms. The zero-order valence-corrected chi connectivity index (χ0v) is 17.9. The molecule has 154 valence electrons. The fraction of sp³-hybridized carbons (Fsp3) is 0.286. The maximum atomic E-state index is 13.3. The summed E-state index contributed by atoms with van der Waals surface area (Å²) in [7, 11) is 1.10. The van der Waals surface area contributed by atoms with Crippen molar-refractivity contribution in [3.63, 3.8) is 0 Å². The van der Waals surface area contributed by atoms with Crippen LogP contribution in [0.5, 0.6) is 11.5 Å². The number of aryl methyl sites for hydroxylation is 3. The first-order valence-corrected chi connectivity index (χ1v) is 10.5. The Labute approximate surface area is 171 Å². The quantitative estimate of drug-likeness (QED) is 0.641. The first-order chi connectivity index (χ1) is 13.7. The number of aromatic nitrogens is 2. The van der Waals surface area contributed by atoms with Crippen LogP contribution >= 0.6 is 0 Å². The lowest BCUT2D eigenvalue weighted by molar-refractivity contribution is 0.392. The molecule has 1 N–H and O–H groups in total. The zero-order chi connectivity index (χ0) is 21.2. The topological polar surface area (TPSA) is 82.4 Å². The van der Waals surface area contributed by atoms with E-state index in [0.717, 1.165) is 5.56 Å². The maximum Gasteiger partial charge on any atom is 0.241 e. The molecule has 0 saturated heterocycles. The molecule has 0 spiro atoms. The average molecular weight is 416 g/mol. The maximum absolute atomic E-state index is 13.3. The van der Waals surface area contributed by atoms with Crippen LogP contribution in [-0.2, 0) is 17.1 Å². The highest BCUT2D eigenvalue weighted by atomic mass is 32.2. The van der Waals surface area contributed by atoms with Crippen LogP contribution < -0.4 is 14.2 Å². The summed E-state index contributed by atoms with van der Waals surface area (Å²) in [5.74, 6) is 1.67. The van der Waals surface area contributed by atoms with E-state index in [2.05, 4.69) is 9.71 Å². The van der Waals surface area contributed by atoms with E-state index in [1.54, 1.807) is 68.4 Å². The molecular formula is C21H25N3O4S. The summed E-state index contributed by atoms with van der Waals surface area (Å²) in [6, 6.07) is 9.79. The summed E-state index contributed by atoms with van der Waals surface area (Å²) in [6.07, 6.45) is 3.40. The standard InChI is InChI=1S/C21H25N3O4S/c1-14-6-7-19(15(2)10-14)29(25,26)23-20(21-22-8-9-24(21)3)16-11-17(27-4)13-18(12-16)28-5/h6-13,20,23H,1-5H3/t20-/m1/s1. The van der Waals surface area contributed by atoms with Crippen molar-refractivity contribution in [3.8, 4) is 11.5 Å². The number of ether oxygens (including phenoxy) is 2. The average Bonchev–Trinajstić information content (AvgIpc) is 3.11.